The molecular formula is C17H28N2O. The molecule has 0 heterocycles. The Morgan fingerprint density at radius 1 is 1.20 bits per heavy atom. The minimum absolute atomic E-state index is 0.442. The van der Waals surface area contributed by atoms with E-state index in [1.807, 2.05) is 12.1 Å². The molecule has 20 heavy (non-hydrogen) atoms. The van der Waals surface area contributed by atoms with Crippen LogP contribution in [0.15, 0.2) is 24.3 Å². The van der Waals surface area contributed by atoms with E-state index >= 15 is 0 Å². The molecule has 1 aliphatic rings. The van der Waals surface area contributed by atoms with Crippen molar-refractivity contribution in [3.8, 4) is 5.75 Å². The number of benzene rings is 1. The first-order valence-corrected chi connectivity index (χ1v) is 7.91. The topological polar surface area (TPSA) is 47.3 Å². The monoisotopic (exact) mass is 276 g/mol. The summed E-state index contributed by atoms with van der Waals surface area (Å²) in [6.07, 6.45) is 10.4. The van der Waals surface area contributed by atoms with Crippen LogP contribution in [0.25, 0.3) is 0 Å². The van der Waals surface area contributed by atoms with Crippen molar-refractivity contribution in [1.82, 2.24) is 5.43 Å². The molecule has 0 spiro atoms. The number of ether oxygens (including phenoxy) is 1. The number of aryl methyl sites for hydroxylation is 1. The molecule has 1 saturated carbocycles. The van der Waals surface area contributed by atoms with Gasteiger partial charge in [-0.25, -0.2) is 0 Å². The van der Waals surface area contributed by atoms with E-state index in [1.165, 1.54) is 44.1 Å². The molecule has 2 rings (SSSR count). The van der Waals surface area contributed by atoms with Crippen molar-refractivity contribution in [3.63, 3.8) is 0 Å². The summed E-state index contributed by atoms with van der Waals surface area (Å²) in [6, 6.07) is 8.78. The molecule has 0 aliphatic heterocycles. The highest BCUT2D eigenvalue weighted by molar-refractivity contribution is 5.27. The van der Waals surface area contributed by atoms with Crippen LogP contribution in [-0.2, 0) is 6.42 Å². The number of hydrogen-bond acceptors (Lipinski definition) is 3. The second-order valence-corrected chi connectivity index (χ2v) is 5.98. The largest absolute Gasteiger partial charge is 0.497 e. The van der Waals surface area contributed by atoms with Crippen LogP contribution in [0.4, 0.5) is 0 Å². The average Bonchev–Trinajstić information content (AvgIpc) is 3.01. The van der Waals surface area contributed by atoms with E-state index < -0.39 is 0 Å². The molecule has 3 N–H and O–H groups in total. The Balaban J connectivity index is 1.71. The Labute approximate surface area is 122 Å². The zero-order chi connectivity index (χ0) is 14.2. The smallest absolute Gasteiger partial charge is 0.118 e. The molecular weight excluding hydrogens is 248 g/mol. The molecule has 0 bridgehead atoms. The van der Waals surface area contributed by atoms with Crippen molar-refractivity contribution in [2.75, 3.05) is 7.11 Å². The van der Waals surface area contributed by atoms with E-state index in [1.54, 1.807) is 7.11 Å². The summed E-state index contributed by atoms with van der Waals surface area (Å²) in [4.78, 5) is 0. The van der Waals surface area contributed by atoms with Gasteiger partial charge in [0.1, 0.15) is 5.75 Å². The minimum Gasteiger partial charge on any atom is -0.497 e. The van der Waals surface area contributed by atoms with E-state index in [9.17, 15) is 0 Å². The zero-order valence-corrected chi connectivity index (χ0v) is 12.6. The van der Waals surface area contributed by atoms with Gasteiger partial charge < -0.3 is 4.74 Å². The third-order valence-electron chi connectivity index (χ3n) is 4.57. The molecule has 3 nitrogen and oxygen atoms in total. The van der Waals surface area contributed by atoms with Gasteiger partial charge in [-0.15, -0.1) is 0 Å². The molecule has 1 fully saturated rings. The van der Waals surface area contributed by atoms with Gasteiger partial charge in [0.2, 0.25) is 0 Å². The van der Waals surface area contributed by atoms with E-state index in [2.05, 4.69) is 17.6 Å². The van der Waals surface area contributed by atoms with Gasteiger partial charge in [-0.05, 0) is 49.3 Å². The standard InChI is InChI=1S/C17H28N2O/c1-20-17-12-8-15(9-13-17)7-11-16(19-18)10-6-14-4-2-3-5-14/h8-9,12-14,16,19H,2-7,10-11,18H2,1H3. The number of methoxy groups -OCH3 is 1. The lowest BCUT2D eigenvalue weighted by atomic mass is 9.95. The van der Waals surface area contributed by atoms with Crippen LogP contribution < -0.4 is 16.0 Å². The first-order chi connectivity index (χ1) is 9.81. The molecule has 3 heteroatoms. The Bertz CT molecular complexity index is 371. The molecule has 1 atom stereocenters. The van der Waals surface area contributed by atoms with Crippen molar-refractivity contribution >= 4 is 0 Å². The van der Waals surface area contributed by atoms with Gasteiger partial charge in [-0.2, -0.15) is 0 Å². The van der Waals surface area contributed by atoms with Gasteiger partial charge in [-0.1, -0.05) is 37.8 Å². The van der Waals surface area contributed by atoms with Crippen molar-refractivity contribution in [2.24, 2.45) is 11.8 Å². The van der Waals surface area contributed by atoms with Crippen LogP contribution in [0.2, 0.25) is 0 Å². The maximum absolute atomic E-state index is 5.70. The van der Waals surface area contributed by atoms with Gasteiger partial charge in [0.05, 0.1) is 7.11 Å². The van der Waals surface area contributed by atoms with Crippen molar-refractivity contribution in [1.29, 1.82) is 0 Å². The van der Waals surface area contributed by atoms with Crippen LogP contribution in [-0.4, -0.2) is 13.2 Å². The van der Waals surface area contributed by atoms with Crippen molar-refractivity contribution in [3.05, 3.63) is 29.8 Å². The van der Waals surface area contributed by atoms with Gasteiger partial charge >= 0.3 is 0 Å². The van der Waals surface area contributed by atoms with E-state index in [4.69, 9.17) is 10.6 Å². The van der Waals surface area contributed by atoms with Crippen LogP contribution in [0.3, 0.4) is 0 Å². The predicted octanol–water partition coefficient (Wildman–Crippen LogP) is 3.43. The van der Waals surface area contributed by atoms with Crippen molar-refractivity contribution < 1.29 is 4.74 Å². The van der Waals surface area contributed by atoms with Gasteiger partial charge in [0, 0.05) is 6.04 Å². The summed E-state index contributed by atoms with van der Waals surface area (Å²) >= 11 is 0. The number of nitrogens with two attached hydrogens (primary N) is 1. The highest BCUT2D eigenvalue weighted by Crippen LogP contribution is 2.29. The SMILES string of the molecule is COc1ccc(CCC(CCC2CCCC2)NN)cc1. The second kappa shape index (κ2) is 8.28. The molecule has 112 valence electrons. The first-order valence-electron chi connectivity index (χ1n) is 7.91. The van der Waals surface area contributed by atoms with E-state index in [-0.39, 0.29) is 0 Å². The Morgan fingerprint density at radius 2 is 1.90 bits per heavy atom. The fourth-order valence-electron chi connectivity index (χ4n) is 3.18. The lowest BCUT2D eigenvalue weighted by Crippen LogP contribution is -2.35. The number of hydrogen-bond donors (Lipinski definition) is 2. The average molecular weight is 276 g/mol. The Morgan fingerprint density at radius 3 is 2.50 bits per heavy atom. The third kappa shape index (κ3) is 4.80. The minimum atomic E-state index is 0.442. The van der Waals surface area contributed by atoms with Crippen LogP contribution in [0.5, 0.6) is 5.75 Å². The normalized spacial score (nSPS) is 17.3. The number of nitrogens with one attached hydrogen (secondary N) is 1. The maximum Gasteiger partial charge on any atom is 0.118 e. The fraction of sp³-hybridized carbons (Fsp3) is 0.647. The van der Waals surface area contributed by atoms with Gasteiger partial charge in [0.25, 0.3) is 0 Å². The summed E-state index contributed by atoms with van der Waals surface area (Å²) in [5, 5.41) is 0. The van der Waals surface area contributed by atoms with E-state index in [0.717, 1.165) is 24.5 Å². The molecule has 1 aromatic carbocycles. The van der Waals surface area contributed by atoms with Crippen LogP contribution in [0.1, 0.15) is 50.5 Å². The van der Waals surface area contributed by atoms with Crippen molar-refractivity contribution in [2.45, 2.75) is 57.4 Å². The molecule has 0 saturated heterocycles. The predicted molar refractivity (Wildman–Crippen MR) is 83.6 cm³/mol. The van der Waals surface area contributed by atoms with Gasteiger partial charge in [0.15, 0.2) is 0 Å². The molecule has 1 unspecified atom stereocenters. The van der Waals surface area contributed by atoms with Crippen LogP contribution >= 0.6 is 0 Å². The molecule has 0 amide bonds. The number of hydrazine groups is 1. The molecule has 1 aliphatic carbocycles. The molecule has 0 radical (unpaired) electrons. The first kappa shape index (κ1) is 15.3. The number of rotatable bonds is 8. The molecule has 1 aromatic rings. The third-order valence-corrected chi connectivity index (χ3v) is 4.57. The lowest BCUT2D eigenvalue weighted by molar-refractivity contribution is 0.393. The maximum atomic E-state index is 5.70. The Kier molecular flexibility index (Phi) is 6.34. The van der Waals surface area contributed by atoms with Gasteiger partial charge in [-0.3, -0.25) is 11.3 Å². The summed E-state index contributed by atoms with van der Waals surface area (Å²) in [7, 11) is 1.70. The fourth-order valence-corrected chi connectivity index (χ4v) is 3.18. The summed E-state index contributed by atoms with van der Waals surface area (Å²) in [5.41, 5.74) is 4.35. The second-order valence-electron chi connectivity index (χ2n) is 5.98. The summed E-state index contributed by atoms with van der Waals surface area (Å²) in [6.45, 7) is 0. The highest BCUT2D eigenvalue weighted by atomic mass is 16.5. The quantitative estimate of drug-likeness (QED) is 0.565. The lowest BCUT2D eigenvalue weighted by Gasteiger charge is -2.18. The molecule has 0 aromatic heterocycles. The highest BCUT2D eigenvalue weighted by Gasteiger charge is 2.16. The van der Waals surface area contributed by atoms with E-state index in [0.29, 0.717) is 6.04 Å². The Hall–Kier alpha value is -1.06. The van der Waals surface area contributed by atoms with Crippen LogP contribution in [0, 0.1) is 5.92 Å². The summed E-state index contributed by atoms with van der Waals surface area (Å²) in [5.74, 6) is 7.57. The zero-order valence-electron chi connectivity index (χ0n) is 12.6. The summed E-state index contributed by atoms with van der Waals surface area (Å²) < 4.78 is 5.18.